The summed E-state index contributed by atoms with van der Waals surface area (Å²) >= 11 is 0. The van der Waals surface area contributed by atoms with Crippen molar-refractivity contribution in [3.63, 3.8) is 0 Å². The van der Waals surface area contributed by atoms with Crippen LogP contribution in [-0.4, -0.2) is 18.5 Å². The van der Waals surface area contributed by atoms with E-state index in [1.54, 1.807) is 0 Å². The van der Waals surface area contributed by atoms with Gasteiger partial charge in [-0.15, -0.1) is 0 Å². The average Bonchev–Trinajstić information content (AvgIpc) is 2.13. The van der Waals surface area contributed by atoms with Gasteiger partial charge in [-0.1, -0.05) is 27.7 Å². The zero-order valence-electron chi connectivity index (χ0n) is 12.1. The number of hydrogen-bond acceptors (Lipinski definition) is 2. The Balaban J connectivity index is 3.97. The van der Waals surface area contributed by atoms with E-state index < -0.39 is 0 Å². The van der Waals surface area contributed by atoms with Crippen LogP contribution in [0.15, 0.2) is 0 Å². The van der Waals surface area contributed by atoms with E-state index in [1.165, 1.54) is 0 Å². The summed E-state index contributed by atoms with van der Waals surface area (Å²) in [5.41, 5.74) is 5.70. The molecule has 0 saturated carbocycles. The zero-order valence-corrected chi connectivity index (χ0v) is 12.1. The van der Waals surface area contributed by atoms with E-state index >= 15 is 0 Å². The number of rotatable bonds is 8. The molecule has 1 amide bonds. The molecule has 17 heavy (non-hydrogen) atoms. The lowest BCUT2D eigenvalue weighted by atomic mass is 9.94. The SMILES string of the molecule is CC(C)CC(CN)CC(=O)NC(C)CC(C)C. The van der Waals surface area contributed by atoms with Crippen LogP contribution in [0, 0.1) is 17.8 Å². The Bertz CT molecular complexity index is 214. The van der Waals surface area contributed by atoms with Crippen molar-refractivity contribution < 1.29 is 4.79 Å². The fourth-order valence-electron chi connectivity index (χ4n) is 2.29. The average molecular weight is 242 g/mol. The first kappa shape index (κ1) is 16.4. The molecule has 0 rings (SSSR count). The third-order valence-corrected chi connectivity index (χ3v) is 2.84. The predicted molar refractivity (Wildman–Crippen MR) is 73.7 cm³/mol. The number of nitrogens with one attached hydrogen (secondary N) is 1. The normalized spacial score (nSPS) is 15.1. The van der Waals surface area contributed by atoms with Crippen molar-refractivity contribution in [3.8, 4) is 0 Å². The molecule has 0 aromatic carbocycles. The first-order valence-corrected chi connectivity index (χ1v) is 6.84. The van der Waals surface area contributed by atoms with E-state index in [4.69, 9.17) is 5.73 Å². The van der Waals surface area contributed by atoms with E-state index in [0.29, 0.717) is 30.7 Å². The van der Waals surface area contributed by atoms with Crippen molar-refractivity contribution in [1.82, 2.24) is 5.32 Å². The van der Waals surface area contributed by atoms with Crippen LogP contribution >= 0.6 is 0 Å². The molecule has 102 valence electrons. The molecule has 0 aliphatic rings. The van der Waals surface area contributed by atoms with Crippen LogP contribution in [0.3, 0.4) is 0 Å². The lowest BCUT2D eigenvalue weighted by Crippen LogP contribution is -2.35. The van der Waals surface area contributed by atoms with Gasteiger partial charge in [-0.2, -0.15) is 0 Å². The number of carbonyl (C=O) groups excluding carboxylic acids is 1. The lowest BCUT2D eigenvalue weighted by Gasteiger charge is -2.20. The molecule has 0 aliphatic carbocycles. The van der Waals surface area contributed by atoms with Gasteiger partial charge in [0.2, 0.25) is 5.91 Å². The van der Waals surface area contributed by atoms with Crippen LogP contribution in [0.2, 0.25) is 0 Å². The topological polar surface area (TPSA) is 55.1 Å². The van der Waals surface area contributed by atoms with Gasteiger partial charge in [0.25, 0.3) is 0 Å². The summed E-state index contributed by atoms with van der Waals surface area (Å²) < 4.78 is 0. The highest BCUT2D eigenvalue weighted by Gasteiger charge is 2.15. The minimum atomic E-state index is 0.147. The van der Waals surface area contributed by atoms with E-state index in [0.717, 1.165) is 12.8 Å². The molecule has 0 aromatic rings. The molecule has 2 atom stereocenters. The van der Waals surface area contributed by atoms with Gasteiger partial charge >= 0.3 is 0 Å². The van der Waals surface area contributed by atoms with Gasteiger partial charge in [0.05, 0.1) is 0 Å². The quantitative estimate of drug-likeness (QED) is 0.687. The van der Waals surface area contributed by atoms with Gasteiger partial charge in [-0.3, -0.25) is 4.79 Å². The molecule has 0 aliphatic heterocycles. The highest BCUT2D eigenvalue weighted by molar-refractivity contribution is 5.76. The monoisotopic (exact) mass is 242 g/mol. The summed E-state index contributed by atoms with van der Waals surface area (Å²) in [4.78, 5) is 11.8. The van der Waals surface area contributed by atoms with Gasteiger partial charge in [0.1, 0.15) is 0 Å². The highest BCUT2D eigenvalue weighted by Crippen LogP contribution is 2.14. The largest absolute Gasteiger partial charge is 0.354 e. The third-order valence-electron chi connectivity index (χ3n) is 2.84. The van der Waals surface area contributed by atoms with Gasteiger partial charge < -0.3 is 11.1 Å². The molecule has 0 heterocycles. The smallest absolute Gasteiger partial charge is 0.220 e. The second kappa shape index (κ2) is 8.51. The van der Waals surface area contributed by atoms with Crippen LogP contribution < -0.4 is 11.1 Å². The number of amides is 1. The maximum Gasteiger partial charge on any atom is 0.220 e. The fourth-order valence-corrected chi connectivity index (χ4v) is 2.29. The molecular weight excluding hydrogens is 212 g/mol. The van der Waals surface area contributed by atoms with E-state index in [-0.39, 0.29) is 11.9 Å². The van der Waals surface area contributed by atoms with E-state index in [9.17, 15) is 4.79 Å². The summed E-state index contributed by atoms with van der Waals surface area (Å²) in [5.74, 6) is 1.69. The van der Waals surface area contributed by atoms with Crippen molar-refractivity contribution in [2.24, 2.45) is 23.5 Å². The Kier molecular flexibility index (Phi) is 8.23. The standard InChI is InChI=1S/C14H30N2O/c1-10(2)6-12(5)16-14(17)8-13(9-15)7-11(3)4/h10-13H,6-9,15H2,1-5H3,(H,16,17). The minimum absolute atomic E-state index is 0.147. The third kappa shape index (κ3) is 9.16. The van der Waals surface area contributed by atoms with Gasteiger partial charge in [-0.25, -0.2) is 0 Å². The maximum absolute atomic E-state index is 11.8. The van der Waals surface area contributed by atoms with Gasteiger partial charge in [-0.05, 0) is 44.1 Å². The molecular formula is C14H30N2O. The molecule has 0 spiro atoms. The summed E-state index contributed by atoms with van der Waals surface area (Å²) in [6.45, 7) is 11.3. The second-order valence-corrected chi connectivity index (χ2v) is 6.03. The number of hydrogen-bond donors (Lipinski definition) is 2. The lowest BCUT2D eigenvalue weighted by molar-refractivity contribution is -0.122. The molecule has 3 heteroatoms. The summed E-state index contributed by atoms with van der Waals surface area (Å²) in [7, 11) is 0. The molecule has 0 fully saturated rings. The zero-order chi connectivity index (χ0) is 13.4. The molecule has 0 bridgehead atoms. The number of carbonyl (C=O) groups is 1. The highest BCUT2D eigenvalue weighted by atomic mass is 16.1. The first-order chi connectivity index (χ1) is 7.85. The maximum atomic E-state index is 11.8. The van der Waals surface area contributed by atoms with Crippen molar-refractivity contribution in [3.05, 3.63) is 0 Å². The predicted octanol–water partition coefficient (Wildman–Crippen LogP) is 2.55. The summed E-state index contributed by atoms with van der Waals surface area (Å²) in [6.07, 6.45) is 2.63. The van der Waals surface area contributed by atoms with Crippen LogP contribution in [0.4, 0.5) is 0 Å². The van der Waals surface area contributed by atoms with Crippen LogP contribution in [0.25, 0.3) is 0 Å². The van der Waals surface area contributed by atoms with Gasteiger partial charge in [0.15, 0.2) is 0 Å². The van der Waals surface area contributed by atoms with E-state index in [2.05, 4.69) is 39.9 Å². The Labute approximate surface area is 107 Å². The summed E-state index contributed by atoms with van der Waals surface area (Å²) in [6, 6.07) is 0.264. The molecule has 2 unspecified atom stereocenters. The minimum Gasteiger partial charge on any atom is -0.354 e. The molecule has 3 nitrogen and oxygen atoms in total. The number of nitrogens with two attached hydrogens (primary N) is 1. The van der Waals surface area contributed by atoms with E-state index in [1.807, 2.05) is 0 Å². The Morgan fingerprint density at radius 3 is 2.00 bits per heavy atom. The molecule has 0 saturated heterocycles. The Hall–Kier alpha value is -0.570. The Morgan fingerprint density at radius 2 is 1.59 bits per heavy atom. The fraction of sp³-hybridized carbons (Fsp3) is 0.929. The van der Waals surface area contributed by atoms with Crippen molar-refractivity contribution in [1.29, 1.82) is 0 Å². The molecule has 0 aromatic heterocycles. The van der Waals surface area contributed by atoms with Crippen LogP contribution in [0.1, 0.15) is 53.9 Å². The first-order valence-electron chi connectivity index (χ1n) is 6.84. The second-order valence-electron chi connectivity index (χ2n) is 6.03. The molecule has 3 N–H and O–H groups in total. The van der Waals surface area contributed by atoms with Gasteiger partial charge in [0, 0.05) is 12.5 Å². The molecule has 0 radical (unpaired) electrons. The van der Waals surface area contributed by atoms with Crippen molar-refractivity contribution in [2.45, 2.75) is 59.9 Å². The van der Waals surface area contributed by atoms with Crippen LogP contribution in [-0.2, 0) is 4.79 Å². The Morgan fingerprint density at radius 1 is 1.06 bits per heavy atom. The van der Waals surface area contributed by atoms with Crippen molar-refractivity contribution >= 4 is 5.91 Å². The van der Waals surface area contributed by atoms with Crippen LogP contribution in [0.5, 0.6) is 0 Å². The summed E-state index contributed by atoms with van der Waals surface area (Å²) in [5, 5.41) is 3.05. The van der Waals surface area contributed by atoms with Crippen molar-refractivity contribution in [2.75, 3.05) is 6.54 Å².